The fourth-order valence-electron chi connectivity index (χ4n) is 1.89. The molecule has 2 aromatic rings. The van der Waals surface area contributed by atoms with Crippen molar-refractivity contribution in [3.8, 4) is 0 Å². The SMILES string of the molecule is CC(O)(c1ccc(NC(=O)c2ccccc2F)cc1)C(F)(F)F. The van der Waals surface area contributed by atoms with Gasteiger partial charge in [-0.2, -0.15) is 13.2 Å². The van der Waals surface area contributed by atoms with Crippen LogP contribution in [0.25, 0.3) is 0 Å². The van der Waals surface area contributed by atoms with Crippen LogP contribution in [0.3, 0.4) is 0 Å². The van der Waals surface area contributed by atoms with Crippen LogP contribution in [-0.4, -0.2) is 17.2 Å². The highest BCUT2D eigenvalue weighted by atomic mass is 19.4. The van der Waals surface area contributed by atoms with E-state index in [-0.39, 0.29) is 16.8 Å². The summed E-state index contributed by atoms with van der Waals surface area (Å²) in [4.78, 5) is 11.9. The van der Waals surface area contributed by atoms with Gasteiger partial charge in [0.15, 0.2) is 5.60 Å². The van der Waals surface area contributed by atoms with Gasteiger partial charge in [-0.05, 0) is 36.8 Å². The number of hydrogen-bond acceptors (Lipinski definition) is 2. The summed E-state index contributed by atoms with van der Waals surface area (Å²) in [5.41, 5.74) is -3.37. The number of nitrogens with one attached hydrogen (secondary N) is 1. The standard InChI is InChI=1S/C16H13F4NO2/c1-15(23,16(18,19)20)10-6-8-11(9-7-10)21-14(22)12-4-2-3-5-13(12)17/h2-9,23H,1H3,(H,21,22). The smallest absolute Gasteiger partial charge is 0.376 e. The second-order valence-corrected chi connectivity index (χ2v) is 5.08. The molecule has 0 spiro atoms. The van der Waals surface area contributed by atoms with Gasteiger partial charge in [0.1, 0.15) is 5.82 Å². The Bertz CT molecular complexity index is 709. The summed E-state index contributed by atoms with van der Waals surface area (Å²) in [7, 11) is 0. The summed E-state index contributed by atoms with van der Waals surface area (Å²) < 4.78 is 51.7. The maximum absolute atomic E-state index is 13.5. The highest BCUT2D eigenvalue weighted by Crippen LogP contribution is 2.38. The van der Waals surface area contributed by atoms with Crippen molar-refractivity contribution in [1.29, 1.82) is 0 Å². The second-order valence-electron chi connectivity index (χ2n) is 5.08. The average Bonchev–Trinajstić information content (AvgIpc) is 2.47. The van der Waals surface area contributed by atoms with E-state index in [1.165, 1.54) is 30.3 Å². The van der Waals surface area contributed by atoms with E-state index in [9.17, 15) is 27.5 Å². The fraction of sp³-hybridized carbons (Fsp3) is 0.188. The number of aliphatic hydroxyl groups is 1. The summed E-state index contributed by atoms with van der Waals surface area (Å²) in [6.45, 7) is 0.639. The third-order valence-corrected chi connectivity index (χ3v) is 3.38. The molecule has 2 N–H and O–H groups in total. The topological polar surface area (TPSA) is 49.3 Å². The zero-order valence-electron chi connectivity index (χ0n) is 12.0. The Morgan fingerprint density at radius 1 is 1.04 bits per heavy atom. The van der Waals surface area contributed by atoms with Gasteiger partial charge in [0.25, 0.3) is 5.91 Å². The van der Waals surface area contributed by atoms with Crippen molar-refractivity contribution in [3.05, 3.63) is 65.5 Å². The van der Waals surface area contributed by atoms with Gasteiger partial charge in [-0.3, -0.25) is 4.79 Å². The van der Waals surface area contributed by atoms with E-state index in [0.717, 1.165) is 18.2 Å². The highest BCUT2D eigenvalue weighted by Gasteiger charge is 2.51. The average molecular weight is 327 g/mol. The number of carbonyl (C=O) groups is 1. The highest BCUT2D eigenvalue weighted by molar-refractivity contribution is 6.04. The monoisotopic (exact) mass is 327 g/mol. The minimum Gasteiger partial charge on any atom is -0.376 e. The van der Waals surface area contributed by atoms with Crippen molar-refractivity contribution in [2.24, 2.45) is 0 Å². The largest absolute Gasteiger partial charge is 0.421 e. The van der Waals surface area contributed by atoms with Crippen LogP contribution in [0, 0.1) is 5.82 Å². The predicted octanol–water partition coefficient (Wildman–Crippen LogP) is 3.85. The number of carbonyl (C=O) groups excluding carboxylic acids is 1. The van der Waals surface area contributed by atoms with Crippen LogP contribution in [0.2, 0.25) is 0 Å². The zero-order chi connectivity index (χ0) is 17.3. The molecule has 7 heteroatoms. The van der Waals surface area contributed by atoms with E-state index in [4.69, 9.17) is 0 Å². The van der Waals surface area contributed by atoms with Crippen molar-refractivity contribution >= 4 is 11.6 Å². The molecule has 0 bridgehead atoms. The van der Waals surface area contributed by atoms with Gasteiger partial charge in [-0.15, -0.1) is 0 Å². The first kappa shape index (κ1) is 17.0. The van der Waals surface area contributed by atoms with Gasteiger partial charge in [0, 0.05) is 5.69 Å². The molecular formula is C16H13F4NO2. The van der Waals surface area contributed by atoms with Crippen molar-refractivity contribution in [3.63, 3.8) is 0 Å². The number of amides is 1. The molecule has 0 aliphatic rings. The minimum absolute atomic E-state index is 0.181. The van der Waals surface area contributed by atoms with Crippen molar-refractivity contribution in [2.75, 3.05) is 5.32 Å². The molecule has 2 aromatic carbocycles. The van der Waals surface area contributed by atoms with Crippen molar-refractivity contribution < 1.29 is 27.5 Å². The molecule has 1 atom stereocenters. The maximum atomic E-state index is 13.5. The molecule has 122 valence electrons. The molecule has 0 fully saturated rings. The number of benzene rings is 2. The van der Waals surface area contributed by atoms with Crippen molar-refractivity contribution in [2.45, 2.75) is 18.7 Å². The van der Waals surface area contributed by atoms with Crippen LogP contribution in [0.1, 0.15) is 22.8 Å². The molecule has 3 nitrogen and oxygen atoms in total. The normalized spacial score (nSPS) is 14.2. The Kier molecular flexibility index (Phi) is 4.42. The molecule has 0 aliphatic heterocycles. The zero-order valence-corrected chi connectivity index (χ0v) is 12.0. The number of anilines is 1. The third kappa shape index (κ3) is 3.50. The molecule has 0 saturated heterocycles. The van der Waals surface area contributed by atoms with Crippen LogP contribution in [0.5, 0.6) is 0 Å². The molecule has 0 radical (unpaired) electrons. The number of alkyl halides is 3. The van der Waals surface area contributed by atoms with E-state index >= 15 is 0 Å². The first-order valence-electron chi connectivity index (χ1n) is 6.58. The Morgan fingerprint density at radius 3 is 2.13 bits per heavy atom. The Labute approximate surface area is 129 Å². The summed E-state index contributed by atoms with van der Waals surface area (Å²) in [5.74, 6) is -1.43. The van der Waals surface area contributed by atoms with E-state index in [0.29, 0.717) is 6.92 Å². The number of hydrogen-bond donors (Lipinski definition) is 2. The molecule has 0 aliphatic carbocycles. The Morgan fingerprint density at radius 2 is 1.61 bits per heavy atom. The molecule has 0 saturated carbocycles. The molecule has 1 unspecified atom stereocenters. The summed E-state index contributed by atoms with van der Waals surface area (Å²) >= 11 is 0. The van der Waals surface area contributed by atoms with E-state index in [1.54, 1.807) is 0 Å². The van der Waals surface area contributed by atoms with E-state index in [1.807, 2.05) is 0 Å². The minimum atomic E-state index is -4.83. The number of halogens is 4. The molecule has 23 heavy (non-hydrogen) atoms. The summed E-state index contributed by atoms with van der Waals surface area (Å²) in [6.07, 6.45) is -4.83. The third-order valence-electron chi connectivity index (χ3n) is 3.38. The Balaban J connectivity index is 2.18. The predicted molar refractivity (Wildman–Crippen MR) is 76.4 cm³/mol. The lowest BCUT2D eigenvalue weighted by molar-refractivity contribution is -0.258. The Hall–Kier alpha value is -2.41. The van der Waals surface area contributed by atoms with E-state index in [2.05, 4.69) is 5.32 Å². The first-order valence-corrected chi connectivity index (χ1v) is 6.58. The molecular weight excluding hydrogens is 314 g/mol. The lowest BCUT2D eigenvalue weighted by atomic mass is 9.95. The van der Waals surface area contributed by atoms with Gasteiger partial charge in [0.2, 0.25) is 0 Å². The fourth-order valence-corrected chi connectivity index (χ4v) is 1.89. The van der Waals surface area contributed by atoms with Gasteiger partial charge in [0.05, 0.1) is 5.56 Å². The molecule has 1 amide bonds. The van der Waals surface area contributed by atoms with Crippen molar-refractivity contribution in [1.82, 2.24) is 0 Å². The molecule has 0 heterocycles. The lowest BCUT2D eigenvalue weighted by Gasteiger charge is -2.26. The number of rotatable bonds is 3. The first-order chi connectivity index (χ1) is 10.6. The maximum Gasteiger partial charge on any atom is 0.421 e. The van der Waals surface area contributed by atoms with Crippen LogP contribution in [0.4, 0.5) is 23.2 Å². The van der Waals surface area contributed by atoms with Gasteiger partial charge >= 0.3 is 6.18 Å². The van der Waals surface area contributed by atoms with E-state index < -0.39 is 23.5 Å². The molecule has 0 aromatic heterocycles. The van der Waals surface area contributed by atoms with Gasteiger partial charge in [-0.1, -0.05) is 24.3 Å². The van der Waals surface area contributed by atoms with Crippen LogP contribution in [-0.2, 0) is 5.60 Å². The lowest BCUT2D eigenvalue weighted by Crippen LogP contribution is -2.39. The molecule has 2 rings (SSSR count). The quantitative estimate of drug-likeness (QED) is 0.842. The van der Waals surface area contributed by atoms with Crippen LogP contribution >= 0.6 is 0 Å². The van der Waals surface area contributed by atoms with Crippen LogP contribution in [0.15, 0.2) is 48.5 Å². The summed E-state index contributed by atoms with van der Waals surface area (Å²) in [6, 6.07) is 9.82. The summed E-state index contributed by atoms with van der Waals surface area (Å²) in [5, 5.41) is 11.9. The van der Waals surface area contributed by atoms with Gasteiger partial charge < -0.3 is 10.4 Å². The van der Waals surface area contributed by atoms with Crippen LogP contribution < -0.4 is 5.32 Å². The van der Waals surface area contributed by atoms with Gasteiger partial charge in [-0.25, -0.2) is 4.39 Å². The second kappa shape index (κ2) is 6.00.